The molecule has 6 aromatic carbocycles. The van der Waals surface area contributed by atoms with Gasteiger partial charge in [0.15, 0.2) is 0 Å². The first-order chi connectivity index (χ1) is 55.1. The van der Waals surface area contributed by atoms with Gasteiger partial charge in [0.2, 0.25) is 0 Å². The van der Waals surface area contributed by atoms with Gasteiger partial charge in [-0.25, -0.2) is 0 Å². The van der Waals surface area contributed by atoms with E-state index in [-0.39, 0.29) is 0 Å². The van der Waals surface area contributed by atoms with Crippen molar-refractivity contribution in [2.45, 2.75) is 53.4 Å². The highest BCUT2D eigenvalue weighted by Crippen LogP contribution is 2.23. The SMILES string of the molecule is CC(C)c1cc(/C=C/c2ccoc2)cc(B(O)O)c1.CC(C)c1cc(/C=C/c2ccsc2)cc(B(O)O)c1.CCOc1cc(/C=C/c2ccoc2)cc(B(O)O)c1.CCOc1cc(/C=C/c2ccsc2)cc(B(O)O)c1.CN(C)c1cc(/C=C/c2cccnc2)cc(B(O)O)c1.CN(C)c1cc(/C=C/c2ccsc2)cc(B(O)O)c1. The van der Waals surface area contributed by atoms with Crippen molar-refractivity contribution in [3.8, 4) is 11.5 Å². The molecule has 0 fully saturated rings. The van der Waals surface area contributed by atoms with Crippen LogP contribution in [0.1, 0.15) is 131 Å². The number of ether oxygens (including phenoxy) is 2. The molecular formula is C87H97B6N3O16S3. The fraction of sp³-hybridized carbons (Fsp3) is 0.161. The van der Waals surface area contributed by atoms with Gasteiger partial charge in [-0.1, -0.05) is 167 Å². The maximum absolute atomic E-state index is 9.34. The lowest BCUT2D eigenvalue weighted by atomic mass is 9.77. The minimum Gasteiger partial charge on any atom is -0.494 e. The van der Waals surface area contributed by atoms with Gasteiger partial charge >= 0.3 is 42.7 Å². The van der Waals surface area contributed by atoms with Crippen molar-refractivity contribution in [3.05, 3.63) is 299 Å². The molecule has 0 bridgehead atoms. The highest BCUT2D eigenvalue weighted by molar-refractivity contribution is 7.08. The number of rotatable bonds is 26. The monoisotopic (exact) mass is 1600 g/mol. The highest BCUT2D eigenvalue weighted by atomic mass is 32.1. The molecule has 0 atom stereocenters. The van der Waals surface area contributed by atoms with Gasteiger partial charge < -0.3 is 88.4 Å². The zero-order chi connectivity index (χ0) is 83.3. The molecule has 6 heterocycles. The van der Waals surface area contributed by atoms with Gasteiger partial charge in [-0.2, -0.15) is 34.0 Å². The lowest BCUT2D eigenvalue weighted by Crippen LogP contribution is -2.30. The second-order valence-corrected chi connectivity index (χ2v) is 29.4. The molecule has 0 aliphatic heterocycles. The number of hydrogen-bond donors (Lipinski definition) is 12. The van der Waals surface area contributed by atoms with E-state index in [2.05, 4.69) is 55.6 Å². The quantitative estimate of drug-likeness (QED) is 0.0224. The Hall–Kier alpha value is -10.3. The molecule has 6 aromatic heterocycles. The van der Waals surface area contributed by atoms with Gasteiger partial charge in [0.25, 0.3) is 0 Å². The Labute approximate surface area is 688 Å². The van der Waals surface area contributed by atoms with Gasteiger partial charge in [-0.05, 0) is 242 Å². The lowest BCUT2D eigenvalue weighted by molar-refractivity contribution is 0.340. The molecule has 592 valence electrons. The van der Waals surface area contributed by atoms with Gasteiger partial charge in [-0.15, -0.1) is 0 Å². The summed E-state index contributed by atoms with van der Waals surface area (Å²) in [7, 11) is -1.12. The number of furan rings is 2. The van der Waals surface area contributed by atoms with E-state index in [4.69, 9.17) is 18.3 Å². The maximum Gasteiger partial charge on any atom is 0.488 e. The average molecular weight is 1600 g/mol. The summed E-state index contributed by atoms with van der Waals surface area (Å²) in [4.78, 5) is 7.91. The second kappa shape index (κ2) is 48.1. The molecule has 0 aliphatic rings. The minimum absolute atomic E-state index is 0.333. The number of hydrogen-bond acceptors (Lipinski definition) is 22. The maximum atomic E-state index is 9.34. The topological polar surface area (TPSA) is 307 Å². The van der Waals surface area contributed by atoms with Gasteiger partial charge in [-0.3, -0.25) is 4.98 Å². The van der Waals surface area contributed by atoms with Gasteiger partial charge in [0, 0.05) is 63.1 Å². The van der Waals surface area contributed by atoms with E-state index in [1.165, 1.54) is 0 Å². The molecule has 19 nitrogen and oxygen atoms in total. The van der Waals surface area contributed by atoms with Crippen LogP contribution in [0, 0.1) is 0 Å². The Morgan fingerprint density at radius 1 is 0.348 bits per heavy atom. The molecule has 0 unspecified atom stereocenters. The summed E-state index contributed by atoms with van der Waals surface area (Å²) >= 11 is 4.95. The summed E-state index contributed by atoms with van der Waals surface area (Å²) in [5, 5.41) is 124. The van der Waals surface area contributed by atoms with Crippen LogP contribution >= 0.6 is 34.0 Å². The van der Waals surface area contributed by atoms with Crippen LogP contribution in [-0.4, -0.2) is 149 Å². The highest BCUT2D eigenvalue weighted by Gasteiger charge is 2.19. The standard InChI is InChI=1S/C15H17BN2O2.C15H17BO3.C15H17BO2S.C14H16BNO2S.C14H15BO4.C14H15BO3S/c1-18(2)15-9-13(8-14(10-15)16(19)20)6-5-12-4-3-7-17-11-12;2*1-11(2)14-7-13(8-15(9-14)16(17)18)4-3-12-5-6-19-10-12;1-16(2)14-8-12(7-13(9-14)15(17)18)4-3-11-5-6-19-10-11;1-2-19-14-8-12(7-13(9-14)15(16)17)4-3-11-5-6-18-10-11;1-2-18-14-8-12(7-13(9-14)15(16)17)4-3-11-5-6-19-10-11/h3-11,19-20H,1-2H3;2*3-11,17-18H,1-2H3;3-10,17-18H,1-2H3;2*3-10,16-17H,2H2,1H3/b6-5+;5*4-3+. The molecule has 12 aromatic rings. The fourth-order valence-corrected chi connectivity index (χ4v) is 12.5. The summed E-state index contributed by atoms with van der Waals surface area (Å²) in [5.41, 5.74) is 18.7. The van der Waals surface area contributed by atoms with Crippen molar-refractivity contribution in [3.63, 3.8) is 0 Å². The van der Waals surface area contributed by atoms with Crippen LogP contribution in [0.3, 0.4) is 0 Å². The normalized spacial score (nSPS) is 11.1. The second-order valence-electron chi connectivity index (χ2n) is 27.0. The Bertz CT molecular complexity index is 4540. The number of thiophene rings is 3. The van der Waals surface area contributed by atoms with Crippen LogP contribution in [0.25, 0.3) is 72.9 Å². The zero-order valence-corrected chi connectivity index (χ0v) is 68.3. The minimum atomic E-state index is -1.51. The Morgan fingerprint density at radius 3 is 0.913 bits per heavy atom. The third-order valence-corrected chi connectivity index (χ3v) is 18.9. The molecule has 12 N–H and O–H groups in total. The predicted molar refractivity (Wildman–Crippen MR) is 485 cm³/mol. The first kappa shape index (κ1) is 91.9. The van der Waals surface area contributed by atoms with Crippen molar-refractivity contribution < 1.29 is 78.6 Å². The fourth-order valence-electron chi connectivity index (χ4n) is 10.6. The van der Waals surface area contributed by atoms with E-state index >= 15 is 0 Å². The van der Waals surface area contributed by atoms with E-state index in [0.29, 0.717) is 69.3 Å². The molecule has 28 heteroatoms. The molecule has 0 amide bonds. The zero-order valence-electron chi connectivity index (χ0n) is 65.9. The number of aromatic nitrogens is 1. The van der Waals surface area contributed by atoms with Crippen molar-refractivity contribution >= 4 is 194 Å². The molecule has 0 aliphatic carbocycles. The third kappa shape index (κ3) is 32.8. The first-order valence-corrected chi connectivity index (χ1v) is 39.7. The lowest BCUT2D eigenvalue weighted by Gasteiger charge is -2.15. The molecule has 0 radical (unpaired) electrons. The summed E-state index contributed by atoms with van der Waals surface area (Å²) in [5.74, 6) is 1.93. The average Bonchev–Trinajstić information content (AvgIpc) is 1.81. The van der Waals surface area contributed by atoms with Crippen LogP contribution in [0.2, 0.25) is 0 Å². The van der Waals surface area contributed by atoms with Crippen LogP contribution in [-0.2, 0) is 0 Å². The van der Waals surface area contributed by atoms with Gasteiger partial charge in [0.1, 0.15) is 11.5 Å². The van der Waals surface area contributed by atoms with E-state index in [1.54, 1.807) is 132 Å². The number of nitrogens with zero attached hydrogens (tertiary/aromatic N) is 3. The summed E-state index contributed by atoms with van der Waals surface area (Å²) < 4.78 is 20.8. The Morgan fingerprint density at radius 2 is 0.643 bits per heavy atom. The van der Waals surface area contributed by atoms with Crippen LogP contribution in [0.5, 0.6) is 11.5 Å². The van der Waals surface area contributed by atoms with Gasteiger partial charge in [0.05, 0.1) is 38.3 Å². The van der Waals surface area contributed by atoms with E-state index in [1.807, 2.05) is 225 Å². The van der Waals surface area contributed by atoms with Crippen molar-refractivity contribution in [2.75, 3.05) is 51.2 Å². The largest absolute Gasteiger partial charge is 0.494 e. The number of benzene rings is 6. The van der Waals surface area contributed by atoms with Crippen LogP contribution in [0.4, 0.5) is 11.4 Å². The van der Waals surface area contributed by atoms with E-state index in [9.17, 15) is 60.3 Å². The Kier molecular flexibility index (Phi) is 38.5. The molecule has 0 saturated heterocycles. The van der Waals surface area contributed by atoms with Crippen LogP contribution in [0.15, 0.2) is 230 Å². The van der Waals surface area contributed by atoms with Crippen molar-refractivity contribution in [2.24, 2.45) is 0 Å². The smallest absolute Gasteiger partial charge is 0.488 e. The Balaban J connectivity index is 0.000000191. The predicted octanol–water partition coefficient (Wildman–Crippen LogP) is 11.2. The molecule has 0 saturated carbocycles. The first-order valence-electron chi connectivity index (χ1n) is 36.9. The summed E-state index contributed by atoms with van der Waals surface area (Å²) in [6, 6.07) is 46.5. The number of pyridine rings is 1. The summed E-state index contributed by atoms with van der Waals surface area (Å²) in [6.45, 7) is 13.2. The molecule has 115 heavy (non-hydrogen) atoms. The van der Waals surface area contributed by atoms with Crippen LogP contribution < -0.4 is 52.1 Å². The molecule has 12 rings (SSSR count). The van der Waals surface area contributed by atoms with Crippen molar-refractivity contribution in [1.29, 1.82) is 0 Å². The number of anilines is 2. The third-order valence-electron chi connectivity index (χ3n) is 16.8. The van der Waals surface area contributed by atoms with Crippen molar-refractivity contribution in [1.82, 2.24) is 4.98 Å². The molecule has 0 spiro atoms. The van der Waals surface area contributed by atoms with E-state index in [0.717, 1.165) is 89.3 Å². The summed E-state index contributed by atoms with van der Waals surface area (Å²) in [6.07, 6.45) is 33.4. The molecular weight excluding hydrogens is 1500 g/mol. The van der Waals surface area contributed by atoms with E-state index < -0.39 is 42.7 Å².